The van der Waals surface area contributed by atoms with Crippen LogP contribution in [-0.2, 0) is 5.75 Å². The van der Waals surface area contributed by atoms with Crippen molar-refractivity contribution >= 4 is 22.9 Å². The molecule has 0 aliphatic heterocycles. The van der Waals surface area contributed by atoms with Crippen molar-refractivity contribution in [2.45, 2.75) is 38.5 Å². The van der Waals surface area contributed by atoms with Gasteiger partial charge in [0.05, 0.1) is 11.7 Å². The lowest BCUT2D eigenvalue weighted by atomic mass is 10.2. The highest BCUT2D eigenvalue weighted by Crippen LogP contribution is 2.17. The summed E-state index contributed by atoms with van der Waals surface area (Å²) in [6.45, 7) is 4.30. The lowest BCUT2D eigenvalue weighted by Gasteiger charge is -2.12. The molecular weight excluding hydrogens is 248 g/mol. The quantitative estimate of drug-likeness (QED) is 0.558. The van der Waals surface area contributed by atoms with Gasteiger partial charge in [-0.25, -0.2) is 0 Å². The fourth-order valence-corrected chi connectivity index (χ4v) is 2.22. The Morgan fingerprint density at radius 2 is 2.17 bits per heavy atom. The lowest BCUT2D eigenvalue weighted by molar-refractivity contribution is 0.426. The maximum atomic E-state index is 7.51. The van der Waals surface area contributed by atoms with Crippen LogP contribution in [0.15, 0.2) is 17.3 Å². The Morgan fingerprint density at radius 1 is 1.50 bits per heavy atom. The summed E-state index contributed by atoms with van der Waals surface area (Å²) in [6, 6.07) is 2.41. The molecule has 0 aliphatic carbocycles. The van der Waals surface area contributed by atoms with Crippen LogP contribution in [0.2, 0.25) is 0 Å². The Hall–Kier alpha value is -1.50. The van der Waals surface area contributed by atoms with Crippen LogP contribution in [0.25, 0.3) is 0 Å². The summed E-state index contributed by atoms with van der Waals surface area (Å²) in [5, 5.41) is 12.1. The van der Waals surface area contributed by atoms with Crippen LogP contribution >= 0.6 is 11.8 Å². The summed E-state index contributed by atoms with van der Waals surface area (Å²) in [4.78, 5) is 3.65. The van der Waals surface area contributed by atoms with E-state index in [1.807, 2.05) is 16.9 Å². The molecule has 6 nitrogen and oxygen atoms in total. The summed E-state index contributed by atoms with van der Waals surface area (Å²) in [5.41, 5.74) is 11.3. The van der Waals surface area contributed by atoms with E-state index in [-0.39, 0.29) is 11.1 Å². The number of nitrogens with zero attached hydrogens (tertiary/aromatic N) is 3. The molecule has 0 saturated heterocycles. The van der Waals surface area contributed by atoms with E-state index in [4.69, 9.17) is 16.9 Å². The smallest absolute Gasteiger partial charge is 0.193 e. The summed E-state index contributed by atoms with van der Waals surface area (Å²) in [5.74, 6) is 0.512. The van der Waals surface area contributed by atoms with E-state index in [0.717, 1.165) is 18.5 Å². The molecule has 0 aliphatic rings. The first-order valence-corrected chi connectivity index (χ1v) is 6.90. The van der Waals surface area contributed by atoms with Crippen molar-refractivity contribution in [1.29, 1.82) is 5.41 Å². The summed E-state index contributed by atoms with van der Waals surface area (Å²) in [7, 11) is 0. The molecule has 0 fully saturated rings. The molecule has 0 radical (unpaired) electrons. The van der Waals surface area contributed by atoms with Crippen molar-refractivity contribution in [3.05, 3.63) is 18.0 Å². The highest BCUT2D eigenvalue weighted by atomic mass is 32.2. The topological polar surface area (TPSA) is 106 Å². The van der Waals surface area contributed by atoms with Crippen molar-refractivity contribution in [2.75, 3.05) is 0 Å². The van der Waals surface area contributed by atoms with Gasteiger partial charge in [-0.2, -0.15) is 10.1 Å². The summed E-state index contributed by atoms with van der Waals surface area (Å²) >= 11 is 1.26. The second-order valence-electron chi connectivity index (χ2n) is 3.89. The van der Waals surface area contributed by atoms with Gasteiger partial charge < -0.3 is 11.5 Å². The zero-order chi connectivity index (χ0) is 13.5. The van der Waals surface area contributed by atoms with Crippen molar-refractivity contribution in [3.63, 3.8) is 0 Å². The Morgan fingerprint density at radius 3 is 2.72 bits per heavy atom. The van der Waals surface area contributed by atoms with Crippen molar-refractivity contribution in [2.24, 2.45) is 16.5 Å². The maximum Gasteiger partial charge on any atom is 0.193 e. The fraction of sp³-hybridized carbons (Fsp3) is 0.545. The largest absolute Gasteiger partial charge is 0.370 e. The number of hydrogen-bond acceptors (Lipinski definition) is 3. The van der Waals surface area contributed by atoms with Crippen molar-refractivity contribution < 1.29 is 0 Å². The minimum atomic E-state index is -0.0879. The number of nitrogens with two attached hydrogens (primary N) is 2. The van der Waals surface area contributed by atoms with Gasteiger partial charge >= 0.3 is 0 Å². The molecule has 1 rings (SSSR count). The zero-order valence-corrected chi connectivity index (χ0v) is 11.6. The number of hydrogen-bond donors (Lipinski definition) is 3. The van der Waals surface area contributed by atoms with Crippen LogP contribution in [-0.4, -0.2) is 20.9 Å². The third-order valence-corrected chi connectivity index (χ3v) is 3.37. The Kier molecular flexibility index (Phi) is 5.70. The molecule has 0 bridgehead atoms. The Bertz CT molecular complexity index is 417. The fourth-order valence-electron chi connectivity index (χ4n) is 1.61. The molecule has 0 aromatic carbocycles. The van der Waals surface area contributed by atoms with Crippen LogP contribution in [0.3, 0.4) is 0 Å². The highest BCUT2D eigenvalue weighted by Gasteiger charge is 2.08. The van der Waals surface area contributed by atoms with Gasteiger partial charge in [-0.05, 0) is 18.9 Å². The van der Waals surface area contributed by atoms with Gasteiger partial charge in [0, 0.05) is 11.9 Å². The SMILES string of the molecule is CCC(CC)n1ccc(CSC(=N)N=C(N)N)n1. The van der Waals surface area contributed by atoms with E-state index in [1.165, 1.54) is 11.8 Å². The van der Waals surface area contributed by atoms with Crippen LogP contribution < -0.4 is 11.5 Å². The normalized spacial score (nSPS) is 10.6. The van der Waals surface area contributed by atoms with Gasteiger partial charge in [0.15, 0.2) is 11.1 Å². The minimum Gasteiger partial charge on any atom is -0.370 e. The third kappa shape index (κ3) is 4.40. The second-order valence-corrected chi connectivity index (χ2v) is 4.85. The maximum absolute atomic E-state index is 7.51. The number of thioether (sulfide) groups is 1. The van der Waals surface area contributed by atoms with E-state index in [0.29, 0.717) is 11.8 Å². The van der Waals surface area contributed by atoms with Gasteiger partial charge in [-0.15, -0.1) is 0 Å². The molecule has 1 aromatic heterocycles. The molecule has 0 amide bonds. The Balaban J connectivity index is 2.54. The zero-order valence-electron chi connectivity index (χ0n) is 10.8. The number of amidine groups is 1. The predicted octanol–water partition coefficient (Wildman–Crippen LogP) is 1.69. The van der Waals surface area contributed by atoms with Crippen LogP contribution in [0.5, 0.6) is 0 Å². The monoisotopic (exact) mass is 268 g/mol. The van der Waals surface area contributed by atoms with Gasteiger partial charge in [0.2, 0.25) is 0 Å². The highest BCUT2D eigenvalue weighted by molar-refractivity contribution is 8.13. The van der Waals surface area contributed by atoms with Crippen LogP contribution in [0, 0.1) is 5.41 Å². The van der Waals surface area contributed by atoms with E-state index in [2.05, 4.69) is 23.9 Å². The van der Waals surface area contributed by atoms with Gasteiger partial charge in [0.1, 0.15) is 0 Å². The van der Waals surface area contributed by atoms with Gasteiger partial charge in [-0.1, -0.05) is 25.6 Å². The summed E-state index contributed by atoms with van der Waals surface area (Å²) < 4.78 is 1.99. The second kappa shape index (κ2) is 7.05. The van der Waals surface area contributed by atoms with E-state index >= 15 is 0 Å². The molecule has 18 heavy (non-hydrogen) atoms. The van der Waals surface area contributed by atoms with Gasteiger partial charge in [0.25, 0.3) is 0 Å². The van der Waals surface area contributed by atoms with E-state index in [9.17, 15) is 0 Å². The van der Waals surface area contributed by atoms with Crippen molar-refractivity contribution in [3.8, 4) is 0 Å². The Labute approximate surface area is 111 Å². The van der Waals surface area contributed by atoms with Crippen LogP contribution in [0.4, 0.5) is 0 Å². The first-order valence-electron chi connectivity index (χ1n) is 5.91. The molecule has 1 aromatic rings. The average Bonchev–Trinajstić information content (AvgIpc) is 2.76. The molecule has 1 heterocycles. The minimum absolute atomic E-state index is 0.0879. The first-order chi connectivity index (χ1) is 8.56. The molecule has 7 heteroatoms. The molecule has 5 N–H and O–H groups in total. The predicted molar refractivity (Wildman–Crippen MR) is 76.7 cm³/mol. The van der Waals surface area contributed by atoms with Crippen LogP contribution in [0.1, 0.15) is 38.4 Å². The molecule has 0 spiro atoms. The lowest BCUT2D eigenvalue weighted by Crippen LogP contribution is -2.23. The van der Waals surface area contributed by atoms with Crippen molar-refractivity contribution in [1.82, 2.24) is 9.78 Å². The first kappa shape index (κ1) is 14.6. The average molecular weight is 268 g/mol. The standard InChI is InChI=1S/C11H20N6S/c1-3-9(4-2)17-6-5-8(16-17)7-18-11(14)15-10(12)13/h5-6,9H,3-4,7H2,1-2H3,(H5,12,13,14,15). The van der Waals surface area contributed by atoms with E-state index in [1.54, 1.807) is 0 Å². The summed E-state index contributed by atoms with van der Waals surface area (Å²) in [6.07, 6.45) is 4.11. The number of nitrogens with one attached hydrogen (secondary N) is 1. The molecule has 0 atom stereocenters. The van der Waals surface area contributed by atoms with E-state index < -0.39 is 0 Å². The molecule has 0 unspecified atom stereocenters. The number of guanidine groups is 1. The molecule has 0 saturated carbocycles. The number of aromatic nitrogens is 2. The molecule has 100 valence electrons. The number of rotatable bonds is 5. The molecular formula is C11H20N6S. The number of aliphatic imine (C=N–C) groups is 1. The third-order valence-electron chi connectivity index (χ3n) is 2.57. The van der Waals surface area contributed by atoms with Gasteiger partial charge in [-0.3, -0.25) is 10.1 Å².